The minimum Gasteiger partial charge on any atom is -0.201 e. The van der Waals surface area contributed by atoms with Gasteiger partial charge >= 0.3 is 0 Å². The molecule has 1 aliphatic carbocycles. The van der Waals surface area contributed by atoms with Gasteiger partial charge in [0.2, 0.25) is 5.69 Å². The van der Waals surface area contributed by atoms with Crippen molar-refractivity contribution in [1.29, 1.82) is 0 Å². The molecule has 0 aliphatic heterocycles. The molecule has 0 radical (unpaired) electrons. The molecule has 1 aliphatic rings. The average molecular weight is 270 g/mol. The SMILES string of the molecule is [2H]C([2H])([2H])c1cc(C2([2H])CCCC2)c(-c2ccccc2C)[n+](C)c1. The summed E-state index contributed by atoms with van der Waals surface area (Å²) in [6.45, 7) is -0.103. The zero-order valence-electron chi connectivity index (χ0n) is 16.2. The van der Waals surface area contributed by atoms with Crippen LogP contribution in [0.1, 0.15) is 53.8 Å². The second-order valence-electron chi connectivity index (χ2n) is 5.73. The van der Waals surface area contributed by atoms with Crippen molar-refractivity contribution >= 4 is 0 Å². The number of nitrogens with zero attached hydrogens (tertiary/aromatic N) is 1. The second kappa shape index (κ2) is 5.40. The van der Waals surface area contributed by atoms with Crippen LogP contribution in [0.15, 0.2) is 36.5 Å². The van der Waals surface area contributed by atoms with Crippen LogP contribution >= 0.6 is 0 Å². The van der Waals surface area contributed by atoms with Crippen molar-refractivity contribution < 1.29 is 10.1 Å². The summed E-state index contributed by atoms with van der Waals surface area (Å²) in [6.07, 6.45) is 5.32. The Hall–Kier alpha value is -1.63. The molecule has 1 nitrogen and oxygen atoms in total. The molecular weight excluding hydrogens is 242 g/mol. The lowest BCUT2D eigenvalue weighted by molar-refractivity contribution is -0.661. The molecule has 1 aromatic heterocycles. The van der Waals surface area contributed by atoms with Gasteiger partial charge in [-0.3, -0.25) is 0 Å². The van der Waals surface area contributed by atoms with Crippen LogP contribution in [0.2, 0.25) is 0 Å². The molecule has 0 unspecified atom stereocenters. The number of hydrogen-bond acceptors (Lipinski definition) is 0. The molecule has 2 aromatic rings. The largest absolute Gasteiger partial charge is 0.216 e. The van der Waals surface area contributed by atoms with E-state index in [4.69, 9.17) is 5.48 Å². The first kappa shape index (κ1) is 9.33. The Morgan fingerprint density at radius 1 is 1.25 bits per heavy atom. The third-order valence-corrected chi connectivity index (χ3v) is 4.23. The predicted octanol–water partition coefficient (Wildman–Crippen LogP) is 4.45. The maximum Gasteiger partial charge on any atom is 0.216 e. The Balaban J connectivity index is 2.30. The molecule has 3 rings (SSSR count). The first-order valence-corrected chi connectivity index (χ1v) is 7.33. The van der Waals surface area contributed by atoms with Crippen LogP contribution in [-0.4, -0.2) is 0 Å². The molecule has 1 fully saturated rings. The number of rotatable bonds is 2. The summed E-state index contributed by atoms with van der Waals surface area (Å²) >= 11 is 0. The lowest BCUT2D eigenvalue weighted by atomic mass is 9.90. The van der Waals surface area contributed by atoms with Crippen LogP contribution in [0.4, 0.5) is 0 Å². The fraction of sp³-hybridized carbons (Fsp3) is 0.421. The van der Waals surface area contributed by atoms with E-state index in [2.05, 4.69) is 19.1 Å². The highest BCUT2D eigenvalue weighted by Gasteiger charge is 2.26. The van der Waals surface area contributed by atoms with Gasteiger partial charge in [-0.05, 0) is 50.2 Å². The highest BCUT2D eigenvalue weighted by Crippen LogP contribution is 2.38. The average Bonchev–Trinajstić information content (AvgIpc) is 2.94. The fourth-order valence-electron chi connectivity index (χ4n) is 3.24. The standard InChI is InChI=1S/C19H24N/c1-14-12-18(16-9-5-6-10-16)19(20(3)13-14)17-11-7-4-8-15(17)2/h4,7-8,11-13,16H,5-6,9-10H2,1-3H3/q+1/i1D3,16D. The van der Waals surface area contributed by atoms with Crippen LogP contribution in [0, 0.1) is 13.8 Å². The lowest BCUT2D eigenvalue weighted by Gasteiger charge is -2.15. The van der Waals surface area contributed by atoms with Crippen molar-refractivity contribution in [2.45, 2.75) is 45.4 Å². The van der Waals surface area contributed by atoms with Crippen molar-refractivity contribution in [3.8, 4) is 11.3 Å². The third kappa shape index (κ3) is 2.37. The zero-order chi connectivity index (χ0) is 17.5. The molecular formula is C19H24N+. The van der Waals surface area contributed by atoms with E-state index in [-0.39, 0.29) is 0 Å². The molecule has 0 bridgehead atoms. The van der Waals surface area contributed by atoms with Crippen LogP contribution in [-0.2, 0) is 7.05 Å². The van der Waals surface area contributed by atoms with Crippen LogP contribution in [0.3, 0.4) is 0 Å². The Morgan fingerprint density at radius 3 is 2.70 bits per heavy atom. The number of benzene rings is 1. The monoisotopic (exact) mass is 270 g/mol. The first-order chi connectivity index (χ1) is 11.2. The molecule has 0 N–H and O–H groups in total. The number of pyridine rings is 1. The number of aromatic nitrogens is 1. The van der Waals surface area contributed by atoms with E-state index in [1.807, 2.05) is 23.7 Å². The highest BCUT2D eigenvalue weighted by atomic mass is 14.9. The van der Waals surface area contributed by atoms with Gasteiger partial charge in [0.05, 0.1) is 0 Å². The Kier molecular flexibility index (Phi) is 2.52. The number of aryl methyl sites for hydroxylation is 3. The van der Waals surface area contributed by atoms with Gasteiger partial charge in [0.1, 0.15) is 7.05 Å². The normalized spacial score (nSPS) is 20.9. The van der Waals surface area contributed by atoms with Crippen LogP contribution < -0.4 is 4.57 Å². The Bertz CT molecular complexity index is 758. The van der Waals surface area contributed by atoms with E-state index in [1.54, 1.807) is 12.3 Å². The Labute approximate surface area is 127 Å². The van der Waals surface area contributed by atoms with Crippen molar-refractivity contribution in [3.05, 3.63) is 53.2 Å². The van der Waals surface area contributed by atoms with Crippen molar-refractivity contribution in [2.24, 2.45) is 7.05 Å². The third-order valence-electron chi connectivity index (χ3n) is 4.23. The van der Waals surface area contributed by atoms with Crippen LogP contribution in [0.25, 0.3) is 11.3 Å². The van der Waals surface area contributed by atoms with E-state index in [0.717, 1.165) is 48.1 Å². The van der Waals surface area contributed by atoms with E-state index < -0.39 is 12.7 Å². The molecule has 0 spiro atoms. The predicted molar refractivity (Wildman–Crippen MR) is 83.7 cm³/mol. The minimum atomic E-state index is -2.16. The van der Waals surface area contributed by atoms with Gasteiger partial charge in [-0.15, -0.1) is 0 Å². The van der Waals surface area contributed by atoms with Gasteiger partial charge in [0, 0.05) is 22.2 Å². The summed E-state index contributed by atoms with van der Waals surface area (Å²) < 4.78 is 34.2. The summed E-state index contributed by atoms with van der Waals surface area (Å²) in [5.41, 5.74) is 4.35. The summed E-state index contributed by atoms with van der Waals surface area (Å²) in [4.78, 5) is 0. The summed E-state index contributed by atoms with van der Waals surface area (Å²) in [7, 11) is 1.89. The molecule has 1 heterocycles. The molecule has 20 heavy (non-hydrogen) atoms. The van der Waals surface area contributed by atoms with Crippen molar-refractivity contribution in [3.63, 3.8) is 0 Å². The van der Waals surface area contributed by atoms with Gasteiger partial charge in [0.15, 0.2) is 6.20 Å². The zero-order valence-corrected chi connectivity index (χ0v) is 12.2. The molecule has 0 atom stereocenters. The van der Waals surface area contributed by atoms with E-state index in [9.17, 15) is 0 Å². The minimum absolute atomic E-state index is 0.316. The Morgan fingerprint density at radius 2 is 2.00 bits per heavy atom. The molecule has 1 heteroatoms. The maximum absolute atomic E-state index is 8.98. The molecule has 0 amide bonds. The topological polar surface area (TPSA) is 3.88 Å². The van der Waals surface area contributed by atoms with E-state index in [1.165, 1.54) is 0 Å². The highest BCUT2D eigenvalue weighted by molar-refractivity contribution is 5.65. The fourth-order valence-corrected chi connectivity index (χ4v) is 3.24. The summed E-state index contributed by atoms with van der Waals surface area (Å²) in [5, 5.41) is 0. The van der Waals surface area contributed by atoms with Gasteiger partial charge in [0.25, 0.3) is 0 Å². The van der Waals surface area contributed by atoms with Crippen LogP contribution in [0.5, 0.6) is 0 Å². The van der Waals surface area contributed by atoms with E-state index in [0.29, 0.717) is 5.56 Å². The van der Waals surface area contributed by atoms with Gasteiger partial charge in [-0.25, -0.2) is 4.57 Å². The molecule has 1 saturated carbocycles. The van der Waals surface area contributed by atoms with Gasteiger partial charge in [-0.2, -0.15) is 0 Å². The smallest absolute Gasteiger partial charge is 0.201 e. The summed E-state index contributed by atoms with van der Waals surface area (Å²) in [5.74, 6) is -0.698. The number of hydrogen-bond donors (Lipinski definition) is 0. The maximum atomic E-state index is 8.98. The van der Waals surface area contributed by atoms with Gasteiger partial charge in [-0.1, -0.05) is 31.0 Å². The summed E-state index contributed by atoms with van der Waals surface area (Å²) in [6, 6.07) is 9.87. The van der Waals surface area contributed by atoms with Crippen molar-refractivity contribution in [2.75, 3.05) is 0 Å². The first-order valence-electron chi connectivity index (χ1n) is 9.33. The van der Waals surface area contributed by atoms with E-state index >= 15 is 0 Å². The van der Waals surface area contributed by atoms with Gasteiger partial charge < -0.3 is 0 Å². The quantitative estimate of drug-likeness (QED) is 0.710. The lowest BCUT2D eigenvalue weighted by Crippen LogP contribution is -2.33. The molecule has 1 aromatic carbocycles. The molecule has 0 saturated heterocycles. The second-order valence-corrected chi connectivity index (χ2v) is 5.73. The van der Waals surface area contributed by atoms with Crippen molar-refractivity contribution in [1.82, 2.24) is 0 Å². The molecule has 104 valence electrons.